The highest BCUT2D eigenvalue weighted by atomic mass is 35.5. The minimum Gasteiger partial charge on any atom is -0.484 e. The average molecular weight is 350 g/mol. The monoisotopic (exact) mass is 349 g/mol. The van der Waals surface area contributed by atoms with E-state index >= 15 is 0 Å². The fraction of sp³-hybridized carbons (Fsp3) is 0.294. The summed E-state index contributed by atoms with van der Waals surface area (Å²) < 4.78 is 5.89. The van der Waals surface area contributed by atoms with Gasteiger partial charge in [-0.15, -0.1) is 0 Å². The Morgan fingerprint density at radius 2 is 1.92 bits per heavy atom. The van der Waals surface area contributed by atoms with Crippen molar-refractivity contribution in [2.75, 3.05) is 13.6 Å². The molecule has 0 fully saturated rings. The van der Waals surface area contributed by atoms with E-state index in [0.29, 0.717) is 17.3 Å². The van der Waals surface area contributed by atoms with Crippen LogP contribution in [0.5, 0.6) is 5.75 Å². The van der Waals surface area contributed by atoms with Gasteiger partial charge in [0.1, 0.15) is 17.5 Å². The van der Waals surface area contributed by atoms with Crippen LogP contribution in [-0.4, -0.2) is 30.4 Å². The van der Waals surface area contributed by atoms with Crippen molar-refractivity contribution in [3.63, 3.8) is 0 Å². The van der Waals surface area contributed by atoms with Crippen LogP contribution in [0.1, 0.15) is 46.5 Å². The van der Waals surface area contributed by atoms with Crippen molar-refractivity contribution in [2.45, 2.75) is 20.0 Å². The molecule has 7 heteroatoms. The van der Waals surface area contributed by atoms with Crippen LogP contribution in [0.3, 0.4) is 0 Å². The number of nitrogens with one attached hydrogen (secondary N) is 3. The predicted octanol–water partition coefficient (Wildman–Crippen LogP) is 2.92. The second-order valence-corrected chi connectivity index (χ2v) is 5.61. The van der Waals surface area contributed by atoms with E-state index in [-0.39, 0.29) is 29.3 Å². The number of benzene rings is 1. The van der Waals surface area contributed by atoms with Crippen LogP contribution in [0, 0.1) is 0 Å². The second-order valence-electron chi connectivity index (χ2n) is 5.17. The highest BCUT2D eigenvalue weighted by Crippen LogP contribution is 2.27. The molecule has 1 atom stereocenters. The fourth-order valence-electron chi connectivity index (χ4n) is 2.19. The van der Waals surface area contributed by atoms with Crippen molar-refractivity contribution >= 4 is 23.4 Å². The maximum atomic E-state index is 12.0. The van der Waals surface area contributed by atoms with E-state index in [2.05, 4.69) is 15.6 Å². The summed E-state index contributed by atoms with van der Waals surface area (Å²) in [7, 11) is 1.52. The van der Waals surface area contributed by atoms with Crippen molar-refractivity contribution in [1.82, 2.24) is 15.6 Å². The molecule has 1 unspecified atom stereocenters. The van der Waals surface area contributed by atoms with Gasteiger partial charge in [0, 0.05) is 24.7 Å². The van der Waals surface area contributed by atoms with Gasteiger partial charge in [0.2, 0.25) is 0 Å². The summed E-state index contributed by atoms with van der Waals surface area (Å²) in [6, 6.07) is 8.77. The molecule has 1 heterocycles. The summed E-state index contributed by atoms with van der Waals surface area (Å²) in [6.45, 7) is 4.17. The van der Waals surface area contributed by atoms with Gasteiger partial charge in [0.05, 0.1) is 0 Å². The third-order valence-electron chi connectivity index (χ3n) is 3.46. The van der Waals surface area contributed by atoms with Gasteiger partial charge in [0.15, 0.2) is 5.75 Å². The number of ether oxygens (including phenoxy) is 1. The topological polar surface area (TPSA) is 83.2 Å². The largest absolute Gasteiger partial charge is 0.484 e. The van der Waals surface area contributed by atoms with Crippen molar-refractivity contribution in [1.29, 1.82) is 0 Å². The maximum Gasteiger partial charge on any atom is 0.271 e. The van der Waals surface area contributed by atoms with Crippen LogP contribution in [0.2, 0.25) is 5.02 Å². The van der Waals surface area contributed by atoms with Gasteiger partial charge in [-0.05, 0) is 31.5 Å². The molecule has 0 aliphatic rings. The molecule has 0 saturated carbocycles. The highest BCUT2D eigenvalue weighted by molar-refractivity contribution is 6.30. The average Bonchev–Trinajstić information content (AvgIpc) is 2.99. The normalized spacial score (nSPS) is 11.7. The molecule has 2 amide bonds. The van der Waals surface area contributed by atoms with Gasteiger partial charge in [-0.25, -0.2) is 0 Å². The molecule has 0 aliphatic carbocycles. The summed E-state index contributed by atoms with van der Waals surface area (Å²) in [4.78, 5) is 26.8. The smallest absolute Gasteiger partial charge is 0.271 e. The van der Waals surface area contributed by atoms with Gasteiger partial charge in [-0.2, -0.15) is 0 Å². The van der Waals surface area contributed by atoms with E-state index in [9.17, 15) is 9.59 Å². The van der Waals surface area contributed by atoms with Crippen LogP contribution >= 0.6 is 11.6 Å². The lowest BCUT2D eigenvalue weighted by Crippen LogP contribution is -2.23. The van der Waals surface area contributed by atoms with E-state index in [4.69, 9.17) is 16.3 Å². The molecule has 24 heavy (non-hydrogen) atoms. The minimum absolute atomic E-state index is 0.208. The Hall–Kier alpha value is -2.47. The summed E-state index contributed by atoms with van der Waals surface area (Å²) in [5, 5.41) is 5.84. The Morgan fingerprint density at radius 1 is 1.25 bits per heavy atom. The van der Waals surface area contributed by atoms with Crippen molar-refractivity contribution in [3.8, 4) is 5.75 Å². The number of aromatic amines is 1. The lowest BCUT2D eigenvalue weighted by molar-refractivity contribution is 0.0951. The Balaban J connectivity index is 2.28. The zero-order chi connectivity index (χ0) is 17.7. The number of amides is 2. The lowest BCUT2D eigenvalue weighted by Gasteiger charge is -2.15. The molecule has 128 valence electrons. The molecular weight excluding hydrogens is 330 g/mol. The van der Waals surface area contributed by atoms with E-state index in [1.807, 2.05) is 26.0 Å². The van der Waals surface area contributed by atoms with Crippen LogP contribution in [0.15, 0.2) is 30.3 Å². The molecule has 0 radical (unpaired) electrons. The number of rotatable bonds is 6. The third-order valence-corrected chi connectivity index (χ3v) is 3.71. The number of hydrogen-bond donors (Lipinski definition) is 3. The first-order chi connectivity index (χ1) is 11.5. The first-order valence-electron chi connectivity index (χ1n) is 7.61. The van der Waals surface area contributed by atoms with Gasteiger partial charge < -0.3 is 20.4 Å². The zero-order valence-corrected chi connectivity index (χ0v) is 14.5. The predicted molar refractivity (Wildman–Crippen MR) is 92.7 cm³/mol. The number of halogens is 1. The molecular formula is C17H20ClN3O3. The Bertz CT molecular complexity index is 725. The van der Waals surface area contributed by atoms with E-state index < -0.39 is 0 Å². The van der Waals surface area contributed by atoms with Crippen molar-refractivity contribution < 1.29 is 14.3 Å². The van der Waals surface area contributed by atoms with Gasteiger partial charge in [-0.3, -0.25) is 9.59 Å². The molecule has 6 nitrogen and oxygen atoms in total. The van der Waals surface area contributed by atoms with Gasteiger partial charge >= 0.3 is 0 Å². The van der Waals surface area contributed by atoms with Crippen LogP contribution < -0.4 is 15.4 Å². The van der Waals surface area contributed by atoms with Gasteiger partial charge in [-0.1, -0.05) is 23.7 Å². The molecule has 0 saturated heterocycles. The van der Waals surface area contributed by atoms with Crippen LogP contribution in [0.4, 0.5) is 0 Å². The summed E-state index contributed by atoms with van der Waals surface area (Å²) >= 11 is 5.89. The van der Waals surface area contributed by atoms with Crippen LogP contribution in [-0.2, 0) is 0 Å². The molecule has 2 rings (SSSR count). The maximum absolute atomic E-state index is 12.0. The zero-order valence-electron chi connectivity index (χ0n) is 13.8. The molecule has 3 N–H and O–H groups in total. The number of hydrogen-bond acceptors (Lipinski definition) is 3. The Kier molecular flexibility index (Phi) is 5.87. The first kappa shape index (κ1) is 17.9. The summed E-state index contributed by atoms with van der Waals surface area (Å²) in [5.41, 5.74) is 1.39. The Morgan fingerprint density at radius 3 is 2.50 bits per heavy atom. The second kappa shape index (κ2) is 7.88. The summed E-state index contributed by atoms with van der Waals surface area (Å²) in [5.74, 6) is -0.335. The molecule has 2 aromatic rings. The van der Waals surface area contributed by atoms with E-state index in [1.54, 1.807) is 12.1 Å². The number of carbonyl (C=O) groups is 2. The number of aromatic nitrogens is 1. The number of carbonyl (C=O) groups excluding carboxylic acids is 2. The Labute approximate surface area is 145 Å². The van der Waals surface area contributed by atoms with Crippen LogP contribution in [0.25, 0.3) is 0 Å². The number of H-pyrrole nitrogens is 1. The molecule has 0 aliphatic heterocycles. The molecule has 1 aromatic heterocycles. The van der Waals surface area contributed by atoms with Crippen molar-refractivity contribution in [2.24, 2.45) is 0 Å². The van der Waals surface area contributed by atoms with E-state index in [0.717, 1.165) is 5.56 Å². The lowest BCUT2D eigenvalue weighted by atomic mass is 10.1. The highest BCUT2D eigenvalue weighted by Gasteiger charge is 2.21. The summed E-state index contributed by atoms with van der Waals surface area (Å²) in [6.07, 6.45) is -0.316. The molecule has 1 aromatic carbocycles. The SMILES string of the molecule is CCNC(=O)c1cc(OC(C)c2ccc(Cl)cc2)c(C(=O)NC)[nH]1. The molecule has 0 spiro atoms. The van der Waals surface area contributed by atoms with Crippen molar-refractivity contribution in [3.05, 3.63) is 52.3 Å². The fourth-order valence-corrected chi connectivity index (χ4v) is 2.32. The third kappa shape index (κ3) is 4.08. The molecule has 0 bridgehead atoms. The standard InChI is InChI=1S/C17H20ClN3O3/c1-4-20-16(22)13-9-14(15(21-13)17(23)19-3)24-10(2)11-5-7-12(18)8-6-11/h5-10,21H,4H2,1-3H3,(H,19,23)(H,20,22). The quantitative estimate of drug-likeness (QED) is 0.749. The van der Waals surface area contributed by atoms with E-state index in [1.165, 1.54) is 13.1 Å². The minimum atomic E-state index is -0.358. The first-order valence-corrected chi connectivity index (χ1v) is 7.99. The van der Waals surface area contributed by atoms with Gasteiger partial charge in [0.25, 0.3) is 11.8 Å².